The molecule has 1 heterocycles. The van der Waals surface area contributed by atoms with E-state index in [1.165, 1.54) is 11.6 Å². The van der Waals surface area contributed by atoms with Gasteiger partial charge in [-0.15, -0.1) is 0 Å². The van der Waals surface area contributed by atoms with Crippen molar-refractivity contribution in [2.75, 3.05) is 17.2 Å². The summed E-state index contributed by atoms with van der Waals surface area (Å²) < 4.78 is 0.905. The van der Waals surface area contributed by atoms with Gasteiger partial charge >= 0.3 is 0 Å². The summed E-state index contributed by atoms with van der Waals surface area (Å²) in [6.45, 7) is 0.960. The molecule has 1 aliphatic heterocycles. The Morgan fingerprint density at radius 3 is 2.95 bits per heavy atom. The van der Waals surface area contributed by atoms with Crippen LogP contribution in [-0.2, 0) is 6.42 Å². The number of anilines is 2. The van der Waals surface area contributed by atoms with E-state index in [0.29, 0.717) is 0 Å². The van der Waals surface area contributed by atoms with Crippen molar-refractivity contribution in [2.24, 2.45) is 0 Å². The van der Waals surface area contributed by atoms with Gasteiger partial charge < -0.3 is 15.7 Å². The Hall–Kier alpha value is -1.76. The zero-order valence-electron chi connectivity index (χ0n) is 11.3. The number of hydrogen-bond acceptors (Lipinski definition) is 3. The van der Waals surface area contributed by atoms with Gasteiger partial charge in [0.2, 0.25) is 0 Å². The van der Waals surface area contributed by atoms with Crippen LogP contribution in [0.2, 0.25) is 0 Å². The first-order valence-electron chi connectivity index (χ1n) is 6.80. The predicted molar refractivity (Wildman–Crippen MR) is 92.0 cm³/mol. The average molecular weight is 394 g/mol. The lowest BCUT2D eigenvalue weighted by molar-refractivity contribution is 0.102. The number of aryl methyl sites for hydroxylation is 1. The third-order valence-corrected chi connectivity index (χ3v) is 4.18. The molecule has 4 nitrogen and oxygen atoms in total. The van der Waals surface area contributed by atoms with Gasteiger partial charge in [-0.2, -0.15) is 0 Å². The number of rotatable bonds is 2. The van der Waals surface area contributed by atoms with Crippen LogP contribution in [0.4, 0.5) is 11.4 Å². The molecule has 0 aliphatic carbocycles. The summed E-state index contributed by atoms with van der Waals surface area (Å²) in [5, 5.41) is 16.0. The standard InChI is InChI=1S/C16H15IN2O2/c17-11-4-6-15(20)13(8-11)16(21)19-12-5-3-10-2-1-7-18-14(10)9-12/h3-6,8-9,18,20H,1-2,7H2,(H,19,21). The molecule has 0 saturated carbocycles. The molecule has 3 N–H and O–H groups in total. The molecule has 1 aliphatic rings. The molecule has 0 atom stereocenters. The second-order valence-electron chi connectivity index (χ2n) is 5.02. The molecule has 0 radical (unpaired) electrons. The summed E-state index contributed by atoms with van der Waals surface area (Å²) in [6, 6.07) is 10.8. The fraction of sp³-hybridized carbons (Fsp3) is 0.188. The van der Waals surface area contributed by atoms with Crippen molar-refractivity contribution in [3.05, 3.63) is 51.1 Å². The van der Waals surface area contributed by atoms with E-state index in [9.17, 15) is 9.90 Å². The summed E-state index contributed by atoms with van der Waals surface area (Å²) in [4.78, 5) is 12.3. The summed E-state index contributed by atoms with van der Waals surface area (Å²) in [5.74, 6) is -0.314. The quantitative estimate of drug-likeness (QED) is 0.683. The van der Waals surface area contributed by atoms with Crippen LogP contribution in [-0.4, -0.2) is 17.6 Å². The van der Waals surface area contributed by atoms with Crippen molar-refractivity contribution < 1.29 is 9.90 Å². The molecule has 0 saturated heterocycles. The molecule has 3 rings (SSSR count). The smallest absolute Gasteiger partial charge is 0.259 e. The lowest BCUT2D eigenvalue weighted by atomic mass is 10.0. The van der Waals surface area contributed by atoms with E-state index >= 15 is 0 Å². The van der Waals surface area contributed by atoms with Crippen LogP contribution in [0.25, 0.3) is 0 Å². The highest BCUT2D eigenvalue weighted by Gasteiger charge is 2.14. The molecule has 0 spiro atoms. The number of phenolic OH excluding ortho intramolecular Hbond substituents is 1. The highest BCUT2D eigenvalue weighted by atomic mass is 127. The van der Waals surface area contributed by atoms with Crippen LogP contribution >= 0.6 is 22.6 Å². The van der Waals surface area contributed by atoms with Crippen molar-refractivity contribution in [3.8, 4) is 5.75 Å². The van der Waals surface area contributed by atoms with Crippen molar-refractivity contribution in [1.82, 2.24) is 0 Å². The number of nitrogens with one attached hydrogen (secondary N) is 2. The Kier molecular flexibility index (Phi) is 4.01. The van der Waals surface area contributed by atoms with E-state index in [0.717, 1.165) is 34.3 Å². The third kappa shape index (κ3) is 3.12. The van der Waals surface area contributed by atoms with Gasteiger partial charge in [-0.05, 0) is 71.3 Å². The van der Waals surface area contributed by atoms with E-state index in [2.05, 4.69) is 33.2 Å². The van der Waals surface area contributed by atoms with Crippen molar-refractivity contribution in [1.29, 1.82) is 0 Å². The predicted octanol–water partition coefficient (Wildman–Crippen LogP) is 3.61. The fourth-order valence-corrected chi connectivity index (χ4v) is 2.92. The minimum atomic E-state index is -0.304. The SMILES string of the molecule is O=C(Nc1ccc2c(c1)NCCC2)c1cc(I)ccc1O. The van der Waals surface area contributed by atoms with Crippen LogP contribution in [0.1, 0.15) is 22.3 Å². The first kappa shape index (κ1) is 14.2. The second kappa shape index (κ2) is 5.93. The molecule has 1 amide bonds. The maximum Gasteiger partial charge on any atom is 0.259 e. The van der Waals surface area contributed by atoms with Crippen LogP contribution in [0.15, 0.2) is 36.4 Å². The fourth-order valence-electron chi connectivity index (χ4n) is 2.43. The third-order valence-electron chi connectivity index (χ3n) is 3.51. The molecule has 0 unspecified atom stereocenters. The van der Waals surface area contributed by atoms with Gasteiger partial charge in [0, 0.05) is 21.5 Å². The number of aromatic hydroxyl groups is 1. The molecule has 21 heavy (non-hydrogen) atoms. The second-order valence-corrected chi connectivity index (χ2v) is 6.26. The lowest BCUT2D eigenvalue weighted by Gasteiger charge is -2.19. The Labute approximate surface area is 136 Å². The number of carbonyl (C=O) groups is 1. The van der Waals surface area contributed by atoms with E-state index in [-0.39, 0.29) is 17.2 Å². The summed E-state index contributed by atoms with van der Waals surface area (Å²) >= 11 is 2.11. The van der Waals surface area contributed by atoms with E-state index in [1.54, 1.807) is 12.1 Å². The number of halogens is 1. The number of carbonyl (C=O) groups excluding carboxylic acids is 1. The molecule has 108 valence electrons. The number of benzene rings is 2. The first-order chi connectivity index (χ1) is 10.1. The number of hydrogen-bond donors (Lipinski definition) is 3. The summed E-state index contributed by atoms with van der Waals surface area (Å²) in [6.07, 6.45) is 2.20. The highest BCUT2D eigenvalue weighted by Crippen LogP contribution is 2.26. The molecule has 0 fully saturated rings. The molecule has 0 aromatic heterocycles. The minimum absolute atomic E-state index is 0.0102. The first-order valence-corrected chi connectivity index (χ1v) is 7.88. The van der Waals surface area contributed by atoms with Crippen LogP contribution in [0.5, 0.6) is 5.75 Å². The van der Waals surface area contributed by atoms with Gasteiger partial charge in [-0.25, -0.2) is 0 Å². The zero-order chi connectivity index (χ0) is 14.8. The summed E-state index contributed by atoms with van der Waals surface area (Å²) in [7, 11) is 0. The number of fused-ring (bicyclic) bond motifs is 1. The molecule has 2 aromatic rings. The van der Waals surface area contributed by atoms with Crippen LogP contribution in [0.3, 0.4) is 0 Å². The maximum atomic E-state index is 12.3. The number of amides is 1. The van der Waals surface area contributed by atoms with E-state index in [4.69, 9.17) is 0 Å². The van der Waals surface area contributed by atoms with E-state index < -0.39 is 0 Å². The van der Waals surface area contributed by atoms with Crippen molar-refractivity contribution in [2.45, 2.75) is 12.8 Å². The van der Waals surface area contributed by atoms with E-state index in [1.807, 2.05) is 18.2 Å². The Morgan fingerprint density at radius 1 is 1.24 bits per heavy atom. The Bertz CT molecular complexity index is 701. The molecule has 5 heteroatoms. The van der Waals surface area contributed by atoms with Gasteiger partial charge in [0.25, 0.3) is 5.91 Å². The number of phenols is 1. The molecule has 0 bridgehead atoms. The lowest BCUT2D eigenvalue weighted by Crippen LogP contribution is -2.15. The van der Waals surface area contributed by atoms with Crippen molar-refractivity contribution >= 4 is 39.9 Å². The Balaban J connectivity index is 1.83. The monoisotopic (exact) mass is 394 g/mol. The minimum Gasteiger partial charge on any atom is -0.507 e. The summed E-state index contributed by atoms with van der Waals surface area (Å²) in [5.41, 5.74) is 3.36. The maximum absolute atomic E-state index is 12.3. The van der Waals surface area contributed by atoms with Gasteiger partial charge in [-0.3, -0.25) is 4.79 Å². The van der Waals surface area contributed by atoms with Gasteiger partial charge in [0.05, 0.1) is 5.56 Å². The Morgan fingerprint density at radius 2 is 2.10 bits per heavy atom. The zero-order valence-corrected chi connectivity index (χ0v) is 13.5. The average Bonchev–Trinajstić information content (AvgIpc) is 2.49. The van der Waals surface area contributed by atoms with Crippen LogP contribution < -0.4 is 10.6 Å². The van der Waals surface area contributed by atoms with Crippen LogP contribution in [0, 0.1) is 3.57 Å². The normalized spacial score (nSPS) is 13.2. The highest BCUT2D eigenvalue weighted by molar-refractivity contribution is 14.1. The van der Waals surface area contributed by atoms with Gasteiger partial charge in [0.1, 0.15) is 5.75 Å². The molecular formula is C16H15IN2O2. The van der Waals surface area contributed by atoms with Gasteiger partial charge in [0.15, 0.2) is 0 Å². The largest absolute Gasteiger partial charge is 0.507 e. The molecule has 2 aromatic carbocycles. The topological polar surface area (TPSA) is 61.4 Å². The van der Waals surface area contributed by atoms with Crippen molar-refractivity contribution in [3.63, 3.8) is 0 Å². The van der Waals surface area contributed by atoms with Gasteiger partial charge in [-0.1, -0.05) is 6.07 Å². The molecular weight excluding hydrogens is 379 g/mol.